The molecule has 0 unspecified atom stereocenters. The molecule has 2 rings (SSSR count). The average molecular weight is 228 g/mol. The van der Waals surface area contributed by atoms with Crippen LogP contribution in [0.4, 0.5) is 0 Å². The molecule has 2 nitrogen and oxygen atoms in total. The monoisotopic (exact) mass is 228 g/mol. The first-order valence-corrected chi connectivity index (χ1v) is 5.83. The molecule has 0 N–H and O–H groups in total. The van der Waals surface area contributed by atoms with Crippen molar-refractivity contribution in [1.82, 2.24) is 0 Å². The van der Waals surface area contributed by atoms with Crippen molar-refractivity contribution in [3.8, 4) is 0 Å². The van der Waals surface area contributed by atoms with Gasteiger partial charge in [-0.25, -0.2) is 0 Å². The normalized spacial score (nSPS) is 10.6. The van der Waals surface area contributed by atoms with E-state index in [1.54, 1.807) is 7.11 Å². The van der Waals surface area contributed by atoms with Gasteiger partial charge in [0.25, 0.3) is 0 Å². The SMILES string of the molecule is COCCCC(=O)c1cccc2ccccc12. The van der Waals surface area contributed by atoms with E-state index in [9.17, 15) is 4.79 Å². The Kier molecular flexibility index (Phi) is 3.89. The molecule has 0 amide bonds. The van der Waals surface area contributed by atoms with Gasteiger partial charge in [-0.3, -0.25) is 4.79 Å². The van der Waals surface area contributed by atoms with Crippen LogP contribution in [0.5, 0.6) is 0 Å². The summed E-state index contributed by atoms with van der Waals surface area (Å²) in [5, 5.41) is 2.16. The third-order valence-electron chi connectivity index (χ3n) is 2.84. The van der Waals surface area contributed by atoms with Crippen LogP contribution < -0.4 is 0 Å². The van der Waals surface area contributed by atoms with Crippen LogP contribution in [0.15, 0.2) is 42.5 Å². The van der Waals surface area contributed by atoms with Crippen molar-refractivity contribution >= 4 is 16.6 Å². The van der Waals surface area contributed by atoms with E-state index < -0.39 is 0 Å². The molecular weight excluding hydrogens is 212 g/mol. The van der Waals surface area contributed by atoms with Gasteiger partial charge in [-0.1, -0.05) is 42.5 Å². The molecule has 0 heterocycles. The Morgan fingerprint density at radius 1 is 1.12 bits per heavy atom. The number of carbonyl (C=O) groups excluding carboxylic acids is 1. The Morgan fingerprint density at radius 2 is 1.88 bits per heavy atom. The van der Waals surface area contributed by atoms with Crippen molar-refractivity contribution in [2.45, 2.75) is 12.8 Å². The van der Waals surface area contributed by atoms with Crippen molar-refractivity contribution in [1.29, 1.82) is 0 Å². The molecule has 2 heteroatoms. The lowest BCUT2D eigenvalue weighted by atomic mass is 9.99. The predicted octanol–water partition coefficient (Wildman–Crippen LogP) is 3.45. The summed E-state index contributed by atoms with van der Waals surface area (Å²) in [6, 6.07) is 13.8. The summed E-state index contributed by atoms with van der Waals surface area (Å²) in [5.74, 6) is 0.193. The molecule has 0 atom stereocenters. The molecule has 0 aliphatic carbocycles. The second kappa shape index (κ2) is 5.60. The summed E-state index contributed by atoms with van der Waals surface area (Å²) < 4.78 is 4.96. The quantitative estimate of drug-likeness (QED) is 0.578. The summed E-state index contributed by atoms with van der Waals surface area (Å²) in [5.41, 5.74) is 0.819. The van der Waals surface area contributed by atoms with Crippen LogP contribution in [0.2, 0.25) is 0 Å². The molecule has 0 aliphatic rings. The summed E-state index contributed by atoms with van der Waals surface area (Å²) in [4.78, 5) is 12.1. The Hall–Kier alpha value is -1.67. The summed E-state index contributed by atoms with van der Waals surface area (Å²) >= 11 is 0. The number of ether oxygens (including phenoxy) is 1. The van der Waals surface area contributed by atoms with E-state index >= 15 is 0 Å². The van der Waals surface area contributed by atoms with E-state index in [0.717, 1.165) is 22.8 Å². The van der Waals surface area contributed by atoms with Crippen molar-refractivity contribution < 1.29 is 9.53 Å². The first-order chi connectivity index (χ1) is 8.33. The van der Waals surface area contributed by atoms with Crippen molar-refractivity contribution in [3.05, 3.63) is 48.0 Å². The van der Waals surface area contributed by atoms with Gasteiger partial charge in [-0.15, -0.1) is 0 Å². The highest BCUT2D eigenvalue weighted by atomic mass is 16.5. The van der Waals surface area contributed by atoms with E-state index in [1.165, 1.54) is 0 Å². The molecule has 0 aliphatic heterocycles. The fourth-order valence-corrected chi connectivity index (χ4v) is 1.98. The molecule has 0 aromatic heterocycles. The largest absolute Gasteiger partial charge is 0.385 e. The minimum atomic E-state index is 0.193. The standard InChI is InChI=1S/C15H16O2/c1-17-11-5-10-15(16)14-9-4-7-12-6-2-3-8-13(12)14/h2-4,6-9H,5,10-11H2,1H3. The van der Waals surface area contributed by atoms with Crippen molar-refractivity contribution in [3.63, 3.8) is 0 Å². The van der Waals surface area contributed by atoms with Crippen LogP contribution in [0.25, 0.3) is 10.8 Å². The zero-order valence-electron chi connectivity index (χ0n) is 9.98. The van der Waals surface area contributed by atoms with Gasteiger partial charge in [-0.2, -0.15) is 0 Å². The third-order valence-corrected chi connectivity index (χ3v) is 2.84. The van der Waals surface area contributed by atoms with Crippen LogP contribution in [0.1, 0.15) is 23.2 Å². The maximum atomic E-state index is 12.1. The fraction of sp³-hybridized carbons (Fsp3) is 0.267. The maximum Gasteiger partial charge on any atom is 0.163 e. The van der Waals surface area contributed by atoms with E-state index in [0.29, 0.717) is 13.0 Å². The molecule has 17 heavy (non-hydrogen) atoms. The summed E-state index contributed by atoms with van der Waals surface area (Å²) in [6.07, 6.45) is 1.32. The number of fused-ring (bicyclic) bond motifs is 1. The van der Waals surface area contributed by atoms with E-state index in [1.807, 2.05) is 42.5 Å². The highest BCUT2D eigenvalue weighted by Gasteiger charge is 2.08. The van der Waals surface area contributed by atoms with Gasteiger partial charge in [0.05, 0.1) is 0 Å². The van der Waals surface area contributed by atoms with E-state index in [4.69, 9.17) is 4.74 Å². The number of benzene rings is 2. The molecule has 2 aromatic carbocycles. The predicted molar refractivity (Wildman–Crippen MR) is 69.4 cm³/mol. The molecule has 88 valence electrons. The smallest absolute Gasteiger partial charge is 0.163 e. The zero-order chi connectivity index (χ0) is 12.1. The average Bonchev–Trinajstić information content (AvgIpc) is 2.38. The van der Waals surface area contributed by atoms with Gasteiger partial charge in [-0.05, 0) is 17.2 Å². The number of hydrogen-bond acceptors (Lipinski definition) is 2. The Morgan fingerprint density at radius 3 is 2.71 bits per heavy atom. The van der Waals surface area contributed by atoms with Gasteiger partial charge in [0.1, 0.15) is 0 Å². The first-order valence-electron chi connectivity index (χ1n) is 5.83. The fourth-order valence-electron chi connectivity index (χ4n) is 1.98. The summed E-state index contributed by atoms with van der Waals surface area (Å²) in [7, 11) is 1.66. The lowest BCUT2D eigenvalue weighted by molar-refractivity contribution is 0.0965. The number of Topliss-reactive ketones (excluding diaryl/α,β-unsaturated/α-hetero) is 1. The molecular formula is C15H16O2. The zero-order valence-corrected chi connectivity index (χ0v) is 9.98. The minimum Gasteiger partial charge on any atom is -0.385 e. The Labute approximate surface area is 101 Å². The lowest BCUT2D eigenvalue weighted by Gasteiger charge is -2.05. The van der Waals surface area contributed by atoms with Crippen LogP contribution in [-0.2, 0) is 4.74 Å². The number of hydrogen-bond donors (Lipinski definition) is 0. The van der Waals surface area contributed by atoms with Crippen LogP contribution in [0.3, 0.4) is 0 Å². The maximum absolute atomic E-state index is 12.1. The second-order valence-electron chi connectivity index (χ2n) is 4.05. The number of rotatable bonds is 5. The van der Waals surface area contributed by atoms with Gasteiger partial charge < -0.3 is 4.74 Å². The Balaban J connectivity index is 2.26. The first kappa shape index (κ1) is 11.8. The molecule has 0 radical (unpaired) electrons. The van der Waals surface area contributed by atoms with E-state index in [2.05, 4.69) is 0 Å². The van der Waals surface area contributed by atoms with Crippen LogP contribution in [0, 0.1) is 0 Å². The van der Waals surface area contributed by atoms with Gasteiger partial charge >= 0.3 is 0 Å². The van der Waals surface area contributed by atoms with Crippen molar-refractivity contribution in [2.24, 2.45) is 0 Å². The lowest BCUT2D eigenvalue weighted by Crippen LogP contribution is -2.02. The summed E-state index contributed by atoms with van der Waals surface area (Å²) in [6.45, 7) is 0.635. The van der Waals surface area contributed by atoms with Gasteiger partial charge in [0.15, 0.2) is 5.78 Å². The highest BCUT2D eigenvalue weighted by molar-refractivity contribution is 6.08. The molecule has 0 bridgehead atoms. The van der Waals surface area contributed by atoms with Crippen LogP contribution in [-0.4, -0.2) is 19.5 Å². The highest BCUT2D eigenvalue weighted by Crippen LogP contribution is 2.20. The molecule has 0 saturated carbocycles. The third kappa shape index (κ3) is 2.71. The minimum absolute atomic E-state index is 0.193. The number of ketones is 1. The van der Waals surface area contributed by atoms with Crippen LogP contribution >= 0.6 is 0 Å². The van der Waals surface area contributed by atoms with Gasteiger partial charge in [0.2, 0.25) is 0 Å². The topological polar surface area (TPSA) is 26.3 Å². The molecule has 0 fully saturated rings. The number of methoxy groups -OCH3 is 1. The molecule has 0 saturated heterocycles. The van der Waals surface area contributed by atoms with Gasteiger partial charge in [0, 0.05) is 25.7 Å². The van der Waals surface area contributed by atoms with E-state index in [-0.39, 0.29) is 5.78 Å². The molecule has 2 aromatic rings. The second-order valence-corrected chi connectivity index (χ2v) is 4.05. The Bertz CT molecular complexity index is 512. The molecule has 0 spiro atoms. The number of carbonyl (C=O) groups is 1. The van der Waals surface area contributed by atoms with Crippen molar-refractivity contribution in [2.75, 3.05) is 13.7 Å².